The molecule has 6 heteroatoms. The molecule has 1 heterocycles. The summed E-state index contributed by atoms with van der Waals surface area (Å²) < 4.78 is 0. The number of rotatable bonds is 6. The number of pyridine rings is 1. The second-order valence-corrected chi connectivity index (χ2v) is 4.89. The van der Waals surface area contributed by atoms with Crippen molar-refractivity contribution in [2.24, 2.45) is 10.9 Å². The van der Waals surface area contributed by atoms with Crippen LogP contribution in [0.15, 0.2) is 17.3 Å². The molecule has 1 aromatic rings. The van der Waals surface area contributed by atoms with Gasteiger partial charge in [-0.05, 0) is 46.1 Å². The molecule has 0 spiro atoms. The normalized spacial score (nSPS) is 11.9. The van der Waals surface area contributed by atoms with Gasteiger partial charge in [-0.2, -0.15) is 0 Å². The van der Waals surface area contributed by atoms with Gasteiger partial charge in [-0.1, -0.05) is 5.16 Å². The van der Waals surface area contributed by atoms with Gasteiger partial charge in [0.2, 0.25) is 0 Å². The molecule has 0 bridgehead atoms. The van der Waals surface area contributed by atoms with Crippen molar-refractivity contribution in [1.29, 1.82) is 0 Å². The van der Waals surface area contributed by atoms with Crippen molar-refractivity contribution in [1.82, 2.24) is 9.88 Å². The van der Waals surface area contributed by atoms with Gasteiger partial charge in [0.15, 0.2) is 5.84 Å². The van der Waals surface area contributed by atoms with Crippen molar-refractivity contribution >= 4 is 11.7 Å². The Hall–Kier alpha value is -1.82. The van der Waals surface area contributed by atoms with E-state index >= 15 is 0 Å². The van der Waals surface area contributed by atoms with Crippen molar-refractivity contribution in [2.75, 3.05) is 39.1 Å². The average molecular weight is 265 g/mol. The summed E-state index contributed by atoms with van der Waals surface area (Å²) in [4.78, 5) is 8.65. The number of nitrogens with two attached hydrogens (primary N) is 1. The first kappa shape index (κ1) is 15.2. The Morgan fingerprint density at radius 2 is 2.00 bits per heavy atom. The molecule has 0 aliphatic rings. The SMILES string of the molecule is Cc1ccc(C(N)=NO)c(N(C)CCCN(C)C)n1. The first-order valence-electron chi connectivity index (χ1n) is 6.27. The van der Waals surface area contributed by atoms with E-state index in [0.29, 0.717) is 5.56 Å². The van der Waals surface area contributed by atoms with E-state index < -0.39 is 0 Å². The summed E-state index contributed by atoms with van der Waals surface area (Å²) in [6.45, 7) is 3.79. The average Bonchev–Trinajstić information content (AvgIpc) is 2.37. The molecule has 1 rings (SSSR count). The summed E-state index contributed by atoms with van der Waals surface area (Å²) in [5.74, 6) is 0.830. The molecule has 3 N–H and O–H groups in total. The van der Waals surface area contributed by atoms with Crippen LogP contribution in [0.2, 0.25) is 0 Å². The Kier molecular flexibility index (Phi) is 5.57. The first-order valence-corrected chi connectivity index (χ1v) is 6.27. The molecule has 0 unspecified atom stereocenters. The predicted octanol–water partition coefficient (Wildman–Crippen LogP) is 0.872. The third-order valence-electron chi connectivity index (χ3n) is 2.86. The van der Waals surface area contributed by atoms with Gasteiger partial charge in [-0.3, -0.25) is 0 Å². The Labute approximate surface area is 114 Å². The van der Waals surface area contributed by atoms with E-state index in [1.807, 2.05) is 45.1 Å². The van der Waals surface area contributed by atoms with Crippen LogP contribution >= 0.6 is 0 Å². The highest BCUT2D eigenvalue weighted by Crippen LogP contribution is 2.17. The lowest BCUT2D eigenvalue weighted by Gasteiger charge is -2.22. The number of anilines is 1. The van der Waals surface area contributed by atoms with Crippen LogP contribution in [0.5, 0.6) is 0 Å². The predicted molar refractivity (Wildman–Crippen MR) is 77.9 cm³/mol. The second-order valence-electron chi connectivity index (χ2n) is 4.89. The molecule has 0 aromatic carbocycles. The molecule has 0 saturated carbocycles. The van der Waals surface area contributed by atoms with E-state index in [9.17, 15) is 0 Å². The topological polar surface area (TPSA) is 78.0 Å². The van der Waals surface area contributed by atoms with Crippen molar-refractivity contribution in [3.8, 4) is 0 Å². The highest BCUT2D eigenvalue weighted by atomic mass is 16.4. The minimum Gasteiger partial charge on any atom is -0.409 e. The van der Waals surface area contributed by atoms with Crippen molar-refractivity contribution in [3.05, 3.63) is 23.4 Å². The van der Waals surface area contributed by atoms with E-state index in [2.05, 4.69) is 15.0 Å². The summed E-state index contributed by atoms with van der Waals surface area (Å²) in [6, 6.07) is 3.68. The summed E-state index contributed by atoms with van der Waals surface area (Å²) in [6.07, 6.45) is 1.02. The number of amidine groups is 1. The second kappa shape index (κ2) is 6.94. The fraction of sp³-hybridized carbons (Fsp3) is 0.538. The molecular weight excluding hydrogens is 242 g/mol. The molecule has 106 valence electrons. The minimum absolute atomic E-state index is 0.0851. The van der Waals surface area contributed by atoms with Crippen LogP contribution in [0.25, 0.3) is 0 Å². The van der Waals surface area contributed by atoms with Crippen LogP contribution in [-0.4, -0.2) is 55.2 Å². The summed E-state index contributed by atoms with van der Waals surface area (Å²) in [5, 5.41) is 11.9. The van der Waals surface area contributed by atoms with Gasteiger partial charge in [0.25, 0.3) is 0 Å². The fourth-order valence-electron chi connectivity index (χ4n) is 1.82. The molecule has 0 aliphatic heterocycles. The maximum atomic E-state index is 8.82. The van der Waals surface area contributed by atoms with Crippen LogP contribution in [0, 0.1) is 6.92 Å². The summed E-state index contributed by atoms with van der Waals surface area (Å²) in [5.41, 5.74) is 7.24. The third-order valence-corrected chi connectivity index (χ3v) is 2.86. The Morgan fingerprint density at radius 3 is 2.58 bits per heavy atom. The van der Waals surface area contributed by atoms with Crippen LogP contribution in [0.1, 0.15) is 17.7 Å². The maximum absolute atomic E-state index is 8.82. The molecule has 6 nitrogen and oxygen atoms in total. The highest BCUT2D eigenvalue weighted by Gasteiger charge is 2.13. The van der Waals surface area contributed by atoms with E-state index in [4.69, 9.17) is 10.9 Å². The zero-order chi connectivity index (χ0) is 14.4. The first-order chi connectivity index (χ1) is 8.95. The summed E-state index contributed by atoms with van der Waals surface area (Å²) in [7, 11) is 6.06. The molecule has 0 saturated heterocycles. The summed E-state index contributed by atoms with van der Waals surface area (Å²) >= 11 is 0. The molecule has 0 fully saturated rings. The minimum atomic E-state index is 0.0851. The maximum Gasteiger partial charge on any atom is 0.173 e. The van der Waals surface area contributed by atoms with Gasteiger partial charge < -0.3 is 20.7 Å². The third kappa shape index (κ3) is 4.40. The molecule has 0 radical (unpaired) electrons. The molecule has 1 aromatic heterocycles. The molecule has 0 atom stereocenters. The molecular formula is C13H23N5O. The molecule has 0 aliphatic carbocycles. The lowest BCUT2D eigenvalue weighted by atomic mass is 10.2. The lowest BCUT2D eigenvalue weighted by Crippen LogP contribution is -2.27. The largest absolute Gasteiger partial charge is 0.409 e. The smallest absolute Gasteiger partial charge is 0.173 e. The zero-order valence-electron chi connectivity index (χ0n) is 12.1. The van der Waals surface area contributed by atoms with Crippen LogP contribution in [0.3, 0.4) is 0 Å². The van der Waals surface area contributed by atoms with Gasteiger partial charge in [0.05, 0.1) is 5.56 Å². The van der Waals surface area contributed by atoms with Gasteiger partial charge in [-0.15, -0.1) is 0 Å². The Bertz CT molecular complexity index is 445. The zero-order valence-corrected chi connectivity index (χ0v) is 12.1. The monoisotopic (exact) mass is 265 g/mol. The Morgan fingerprint density at radius 1 is 1.32 bits per heavy atom. The number of hydrogen-bond acceptors (Lipinski definition) is 5. The lowest BCUT2D eigenvalue weighted by molar-refractivity contribution is 0.318. The van der Waals surface area contributed by atoms with E-state index in [-0.39, 0.29) is 5.84 Å². The van der Waals surface area contributed by atoms with Gasteiger partial charge in [0.1, 0.15) is 5.82 Å². The Balaban J connectivity index is 2.88. The van der Waals surface area contributed by atoms with E-state index in [1.165, 1.54) is 0 Å². The van der Waals surface area contributed by atoms with Crippen LogP contribution in [-0.2, 0) is 0 Å². The van der Waals surface area contributed by atoms with Gasteiger partial charge in [-0.25, -0.2) is 4.98 Å². The molecule has 0 amide bonds. The number of oxime groups is 1. The van der Waals surface area contributed by atoms with Crippen molar-refractivity contribution < 1.29 is 5.21 Å². The highest BCUT2D eigenvalue weighted by molar-refractivity contribution is 6.01. The van der Waals surface area contributed by atoms with Crippen molar-refractivity contribution in [2.45, 2.75) is 13.3 Å². The number of aromatic nitrogens is 1. The number of nitrogens with zero attached hydrogens (tertiary/aromatic N) is 4. The number of hydrogen-bond donors (Lipinski definition) is 2. The standard InChI is InChI=1S/C13H23N5O/c1-10-6-7-11(12(14)16-19)13(15-10)18(4)9-5-8-17(2)3/h6-7,19H,5,8-9H2,1-4H3,(H2,14,16). The van der Waals surface area contributed by atoms with Gasteiger partial charge in [0, 0.05) is 19.3 Å². The fourth-order valence-corrected chi connectivity index (χ4v) is 1.82. The number of aryl methyl sites for hydroxylation is 1. The molecule has 19 heavy (non-hydrogen) atoms. The van der Waals surface area contributed by atoms with E-state index in [1.54, 1.807) is 0 Å². The quantitative estimate of drug-likeness (QED) is 0.345. The van der Waals surface area contributed by atoms with Gasteiger partial charge >= 0.3 is 0 Å². The van der Waals surface area contributed by atoms with Crippen molar-refractivity contribution in [3.63, 3.8) is 0 Å². The van der Waals surface area contributed by atoms with Crippen LogP contribution in [0.4, 0.5) is 5.82 Å². The van der Waals surface area contributed by atoms with E-state index in [0.717, 1.165) is 31.0 Å². The van der Waals surface area contributed by atoms with Crippen LogP contribution < -0.4 is 10.6 Å².